The van der Waals surface area contributed by atoms with Crippen LogP contribution in [0.25, 0.3) is 0 Å². The number of hydrogen-bond acceptors (Lipinski definition) is 4. The average Bonchev–Trinajstić information content (AvgIpc) is 2.90. The minimum absolute atomic E-state index is 0.0795. The van der Waals surface area contributed by atoms with Crippen LogP contribution in [0.2, 0.25) is 0 Å². The third kappa shape index (κ3) is 4.53. The Balaban J connectivity index is 1.97. The Morgan fingerprint density at radius 2 is 2.00 bits per heavy atom. The molecule has 1 aromatic rings. The molecule has 1 saturated heterocycles. The molecular weight excluding hydrogens is 298 g/mol. The Morgan fingerprint density at radius 3 is 2.61 bits per heavy atom. The predicted octanol–water partition coefficient (Wildman–Crippen LogP) is 0.760. The van der Waals surface area contributed by atoms with E-state index in [0.29, 0.717) is 25.4 Å². The molecule has 124 valence electrons. The smallest absolute Gasteiger partial charge is 0.227 e. The fraction of sp³-hybridized carbons (Fsp3) is 0.438. The monoisotopic (exact) mass is 319 g/mol. The van der Waals surface area contributed by atoms with Gasteiger partial charge in [0, 0.05) is 44.9 Å². The first-order chi connectivity index (χ1) is 11.0. The SMILES string of the molecule is COCCNC(=O)[C@@H]1CC(=O)N(c2ccc(NC(C)=O)cc2)C1. The van der Waals surface area contributed by atoms with Gasteiger partial charge in [0.15, 0.2) is 0 Å². The molecule has 7 heteroatoms. The molecule has 1 atom stereocenters. The Hall–Kier alpha value is -2.41. The van der Waals surface area contributed by atoms with Crippen LogP contribution < -0.4 is 15.5 Å². The molecule has 7 nitrogen and oxygen atoms in total. The summed E-state index contributed by atoms with van der Waals surface area (Å²) in [6, 6.07) is 6.98. The number of nitrogens with zero attached hydrogens (tertiary/aromatic N) is 1. The van der Waals surface area contributed by atoms with Crippen LogP contribution in [0, 0.1) is 5.92 Å². The summed E-state index contributed by atoms with van der Waals surface area (Å²) in [5.74, 6) is -0.714. The summed E-state index contributed by atoms with van der Waals surface area (Å²) in [6.07, 6.45) is 0.201. The van der Waals surface area contributed by atoms with E-state index in [-0.39, 0.29) is 30.1 Å². The predicted molar refractivity (Wildman–Crippen MR) is 86.1 cm³/mol. The van der Waals surface area contributed by atoms with E-state index in [1.165, 1.54) is 6.92 Å². The van der Waals surface area contributed by atoms with Gasteiger partial charge >= 0.3 is 0 Å². The van der Waals surface area contributed by atoms with E-state index < -0.39 is 0 Å². The van der Waals surface area contributed by atoms with Gasteiger partial charge in [-0.15, -0.1) is 0 Å². The van der Waals surface area contributed by atoms with Crippen molar-refractivity contribution in [3.63, 3.8) is 0 Å². The Bertz CT molecular complexity index is 585. The zero-order valence-corrected chi connectivity index (χ0v) is 13.3. The van der Waals surface area contributed by atoms with Crippen LogP contribution in [0.3, 0.4) is 0 Å². The quantitative estimate of drug-likeness (QED) is 0.758. The number of benzene rings is 1. The van der Waals surface area contributed by atoms with Crippen LogP contribution in [0.5, 0.6) is 0 Å². The number of ether oxygens (including phenoxy) is 1. The second kappa shape index (κ2) is 7.73. The highest BCUT2D eigenvalue weighted by Crippen LogP contribution is 2.26. The number of anilines is 2. The van der Waals surface area contributed by atoms with E-state index in [1.54, 1.807) is 36.3 Å². The van der Waals surface area contributed by atoms with Gasteiger partial charge in [-0.25, -0.2) is 0 Å². The van der Waals surface area contributed by atoms with Gasteiger partial charge in [0.1, 0.15) is 0 Å². The van der Waals surface area contributed by atoms with E-state index in [0.717, 1.165) is 5.69 Å². The Kier molecular flexibility index (Phi) is 5.70. The van der Waals surface area contributed by atoms with Gasteiger partial charge in [0.2, 0.25) is 17.7 Å². The van der Waals surface area contributed by atoms with Gasteiger partial charge in [-0.05, 0) is 24.3 Å². The third-order valence-corrected chi connectivity index (χ3v) is 3.60. The molecule has 0 saturated carbocycles. The second-order valence-electron chi connectivity index (χ2n) is 5.42. The first kappa shape index (κ1) is 17.0. The van der Waals surface area contributed by atoms with E-state index >= 15 is 0 Å². The number of hydrogen-bond donors (Lipinski definition) is 2. The highest BCUT2D eigenvalue weighted by atomic mass is 16.5. The Labute approximate surface area is 135 Å². The minimum Gasteiger partial charge on any atom is -0.383 e. The molecule has 0 spiro atoms. The summed E-state index contributed by atoms with van der Waals surface area (Å²) in [7, 11) is 1.57. The average molecular weight is 319 g/mol. The van der Waals surface area contributed by atoms with Crippen molar-refractivity contribution >= 4 is 29.1 Å². The molecule has 0 bridgehead atoms. The number of nitrogens with one attached hydrogen (secondary N) is 2. The molecule has 0 aromatic heterocycles. The van der Waals surface area contributed by atoms with E-state index in [2.05, 4.69) is 10.6 Å². The maximum atomic E-state index is 12.1. The molecule has 1 aromatic carbocycles. The van der Waals surface area contributed by atoms with Crippen LogP contribution in [0.1, 0.15) is 13.3 Å². The van der Waals surface area contributed by atoms with Crippen LogP contribution in [0.15, 0.2) is 24.3 Å². The standard InChI is InChI=1S/C16H21N3O4/c1-11(20)18-13-3-5-14(6-4-13)19-10-12(9-15(19)21)16(22)17-7-8-23-2/h3-6,12H,7-10H2,1-2H3,(H,17,22)(H,18,20)/t12-/m1/s1. The molecule has 0 aliphatic carbocycles. The van der Waals surface area contributed by atoms with Crippen molar-refractivity contribution in [2.45, 2.75) is 13.3 Å². The fourth-order valence-corrected chi connectivity index (χ4v) is 2.48. The van der Waals surface area contributed by atoms with Crippen molar-refractivity contribution in [3.05, 3.63) is 24.3 Å². The zero-order valence-electron chi connectivity index (χ0n) is 13.3. The molecule has 1 aliphatic rings. The molecule has 0 unspecified atom stereocenters. The van der Waals surface area contributed by atoms with Gasteiger partial charge in [0.25, 0.3) is 0 Å². The van der Waals surface area contributed by atoms with Gasteiger partial charge in [-0.2, -0.15) is 0 Å². The molecule has 2 N–H and O–H groups in total. The number of rotatable bonds is 6. The van der Waals surface area contributed by atoms with Crippen molar-refractivity contribution in [1.29, 1.82) is 0 Å². The zero-order chi connectivity index (χ0) is 16.8. The van der Waals surface area contributed by atoms with Gasteiger partial charge in [-0.3, -0.25) is 14.4 Å². The van der Waals surface area contributed by atoms with Crippen molar-refractivity contribution < 1.29 is 19.1 Å². The maximum Gasteiger partial charge on any atom is 0.227 e. The summed E-state index contributed by atoms with van der Waals surface area (Å²) >= 11 is 0. The lowest BCUT2D eigenvalue weighted by Crippen LogP contribution is -2.34. The Morgan fingerprint density at radius 1 is 1.30 bits per heavy atom. The highest BCUT2D eigenvalue weighted by molar-refractivity contribution is 6.00. The molecule has 1 aliphatic heterocycles. The van der Waals surface area contributed by atoms with Crippen molar-refractivity contribution in [2.75, 3.05) is 37.0 Å². The van der Waals surface area contributed by atoms with Crippen LogP contribution in [-0.2, 0) is 19.1 Å². The normalized spacial score (nSPS) is 17.2. The van der Waals surface area contributed by atoms with Crippen LogP contribution >= 0.6 is 0 Å². The van der Waals surface area contributed by atoms with E-state index in [1.807, 2.05) is 0 Å². The molecule has 23 heavy (non-hydrogen) atoms. The van der Waals surface area contributed by atoms with E-state index in [4.69, 9.17) is 4.74 Å². The molecule has 1 fully saturated rings. The van der Waals surface area contributed by atoms with Crippen molar-refractivity contribution in [3.8, 4) is 0 Å². The molecule has 3 amide bonds. The third-order valence-electron chi connectivity index (χ3n) is 3.60. The molecular formula is C16H21N3O4. The topological polar surface area (TPSA) is 87.7 Å². The van der Waals surface area contributed by atoms with E-state index in [9.17, 15) is 14.4 Å². The second-order valence-corrected chi connectivity index (χ2v) is 5.42. The number of amides is 3. The summed E-state index contributed by atoms with van der Waals surface area (Å²) in [5.41, 5.74) is 1.39. The summed E-state index contributed by atoms with van der Waals surface area (Å²) in [6.45, 7) is 2.67. The number of carbonyl (C=O) groups is 3. The summed E-state index contributed by atoms with van der Waals surface area (Å²) in [5, 5.41) is 5.43. The summed E-state index contributed by atoms with van der Waals surface area (Å²) in [4.78, 5) is 36.8. The lowest BCUT2D eigenvalue weighted by molar-refractivity contribution is -0.126. The molecule has 2 rings (SSSR count). The first-order valence-electron chi connectivity index (χ1n) is 7.46. The number of carbonyl (C=O) groups excluding carboxylic acids is 3. The largest absolute Gasteiger partial charge is 0.383 e. The fourth-order valence-electron chi connectivity index (χ4n) is 2.48. The van der Waals surface area contributed by atoms with Crippen LogP contribution in [0.4, 0.5) is 11.4 Å². The van der Waals surface area contributed by atoms with Crippen LogP contribution in [-0.4, -0.2) is 44.5 Å². The number of methoxy groups -OCH3 is 1. The van der Waals surface area contributed by atoms with Gasteiger partial charge < -0.3 is 20.3 Å². The minimum atomic E-state index is -0.352. The maximum absolute atomic E-state index is 12.1. The van der Waals surface area contributed by atoms with Gasteiger partial charge in [0.05, 0.1) is 12.5 Å². The summed E-state index contributed by atoms with van der Waals surface area (Å²) < 4.78 is 4.88. The lowest BCUT2D eigenvalue weighted by Gasteiger charge is -2.17. The molecule has 1 heterocycles. The van der Waals surface area contributed by atoms with Crippen molar-refractivity contribution in [2.24, 2.45) is 5.92 Å². The van der Waals surface area contributed by atoms with Gasteiger partial charge in [-0.1, -0.05) is 0 Å². The first-order valence-corrected chi connectivity index (χ1v) is 7.46. The molecule has 0 radical (unpaired) electrons. The lowest BCUT2D eigenvalue weighted by atomic mass is 10.1. The van der Waals surface area contributed by atoms with Crippen molar-refractivity contribution in [1.82, 2.24) is 5.32 Å². The highest BCUT2D eigenvalue weighted by Gasteiger charge is 2.34.